The smallest absolute Gasteiger partial charge is 0.380 e. The lowest BCUT2D eigenvalue weighted by Crippen LogP contribution is -2.29. The molecule has 5 atom stereocenters. The van der Waals surface area contributed by atoms with E-state index in [-0.39, 0.29) is 15.1 Å². The molecule has 2 radical (unpaired) electrons. The molecule has 0 aromatic carbocycles. The van der Waals surface area contributed by atoms with Crippen molar-refractivity contribution < 1.29 is 55.9 Å². The normalized spacial score (nSPS) is 28.0. The molecule has 1 aliphatic heterocycles. The van der Waals surface area contributed by atoms with Crippen LogP contribution < -0.4 is 0 Å². The Balaban J connectivity index is 2.54. The van der Waals surface area contributed by atoms with Gasteiger partial charge in [0.05, 0.1) is 15.5 Å². The molecule has 1 saturated heterocycles. The van der Waals surface area contributed by atoms with Crippen molar-refractivity contribution in [2.24, 2.45) is 0 Å². The van der Waals surface area contributed by atoms with Crippen LogP contribution >= 0.6 is 67.6 Å². The summed E-state index contributed by atoms with van der Waals surface area (Å²) in [6, 6.07) is -0.710. The maximum Gasteiger partial charge on any atom is 0.490 e. The molecular formula is C9H19BIO12P3S2. The third-order valence-electron chi connectivity index (χ3n) is 2.63. The largest absolute Gasteiger partial charge is 0.490 e. The quantitative estimate of drug-likeness (QED) is 0.0480. The highest BCUT2D eigenvalue weighted by Gasteiger charge is 2.42. The van der Waals surface area contributed by atoms with E-state index in [1.165, 1.54) is 10.8 Å². The van der Waals surface area contributed by atoms with Crippen LogP contribution in [0.2, 0.25) is 0 Å². The number of hydrogen-bond donors (Lipinski definition) is 4. The molecule has 19 heteroatoms. The van der Waals surface area contributed by atoms with Crippen LogP contribution in [0.3, 0.4) is 0 Å². The molecule has 0 aromatic rings. The standard InChI is InChI=1S/C9H19BIO12P3S2/c1-9(2,11)28-27-5-19-6-3-8(10)21-7(6)4-20-25(15,16)23-26(17,18)22-24(12,13)14/h6-8H,3-5H2,1-2H3,(H,15,16)(H,17,18)(H2,12,13,14)/t6?,7-,8-/m1/s1. The summed E-state index contributed by atoms with van der Waals surface area (Å²) in [5.41, 5.74) is 0. The number of halogens is 1. The van der Waals surface area contributed by atoms with Crippen LogP contribution in [0.1, 0.15) is 20.3 Å². The number of phosphoric acid groups is 3. The zero-order valence-corrected chi connectivity index (χ0v) is 21.0. The first-order chi connectivity index (χ1) is 12.5. The van der Waals surface area contributed by atoms with Crippen LogP contribution in [-0.4, -0.2) is 60.9 Å². The molecule has 4 N–H and O–H groups in total. The Morgan fingerprint density at radius 1 is 1.18 bits per heavy atom. The van der Waals surface area contributed by atoms with Gasteiger partial charge in [-0.25, -0.2) is 13.7 Å². The van der Waals surface area contributed by atoms with Crippen LogP contribution in [0, 0.1) is 0 Å². The predicted octanol–water partition coefficient (Wildman–Crippen LogP) is 2.51. The molecule has 0 bridgehead atoms. The van der Waals surface area contributed by atoms with Gasteiger partial charge in [-0.05, 0) is 20.3 Å². The average molecular weight is 614 g/mol. The maximum absolute atomic E-state index is 11.7. The fourth-order valence-electron chi connectivity index (χ4n) is 1.82. The minimum atomic E-state index is -5.57. The van der Waals surface area contributed by atoms with Crippen LogP contribution in [0.15, 0.2) is 0 Å². The Morgan fingerprint density at radius 3 is 2.32 bits per heavy atom. The van der Waals surface area contributed by atoms with Crippen LogP contribution in [-0.2, 0) is 36.3 Å². The van der Waals surface area contributed by atoms with E-state index < -0.39 is 48.3 Å². The summed E-state index contributed by atoms with van der Waals surface area (Å²) in [6.45, 7) is 3.44. The van der Waals surface area contributed by atoms with Crippen molar-refractivity contribution in [1.29, 1.82) is 0 Å². The van der Waals surface area contributed by atoms with Gasteiger partial charge in [0.2, 0.25) is 0 Å². The third-order valence-corrected chi connectivity index (χ3v) is 10.6. The Hall–Kier alpha value is 1.82. The molecule has 0 aliphatic carbocycles. The molecule has 28 heavy (non-hydrogen) atoms. The number of hydrogen-bond acceptors (Lipinski definition) is 10. The van der Waals surface area contributed by atoms with Crippen molar-refractivity contribution in [2.45, 2.75) is 41.2 Å². The van der Waals surface area contributed by atoms with Gasteiger partial charge in [0.1, 0.15) is 19.9 Å². The molecule has 1 aliphatic rings. The number of alkyl halides is 1. The molecule has 0 amide bonds. The minimum absolute atomic E-state index is 0.00878. The van der Waals surface area contributed by atoms with Gasteiger partial charge in [-0.15, -0.1) is 0 Å². The Bertz CT molecular complexity index is 659. The molecular weight excluding hydrogens is 595 g/mol. The van der Waals surface area contributed by atoms with Crippen LogP contribution in [0.25, 0.3) is 0 Å². The zero-order valence-electron chi connectivity index (χ0n) is 14.5. The number of ether oxygens (including phenoxy) is 2. The van der Waals surface area contributed by atoms with Crippen molar-refractivity contribution in [3.63, 3.8) is 0 Å². The summed E-state index contributed by atoms with van der Waals surface area (Å²) >= 11 is 2.26. The van der Waals surface area contributed by atoms with Crippen molar-refractivity contribution >= 4 is 75.5 Å². The molecule has 12 nitrogen and oxygen atoms in total. The molecule has 3 unspecified atom stereocenters. The lowest BCUT2D eigenvalue weighted by molar-refractivity contribution is -0.0237. The van der Waals surface area contributed by atoms with E-state index in [2.05, 4.69) is 35.7 Å². The molecule has 1 fully saturated rings. The summed E-state index contributed by atoms with van der Waals surface area (Å²) < 4.78 is 56.4. The highest BCUT2D eigenvalue weighted by molar-refractivity contribution is 14.1. The predicted molar refractivity (Wildman–Crippen MR) is 112 cm³/mol. The van der Waals surface area contributed by atoms with Crippen LogP contribution in [0.5, 0.6) is 0 Å². The van der Waals surface area contributed by atoms with E-state index in [1.54, 1.807) is 10.8 Å². The van der Waals surface area contributed by atoms with Gasteiger partial charge < -0.3 is 29.0 Å². The van der Waals surface area contributed by atoms with E-state index >= 15 is 0 Å². The molecule has 0 aromatic heterocycles. The van der Waals surface area contributed by atoms with Gasteiger partial charge >= 0.3 is 23.5 Å². The summed E-state index contributed by atoms with van der Waals surface area (Å²) in [5, 5.41) is 0. The second kappa shape index (κ2) is 11.1. The van der Waals surface area contributed by atoms with Crippen molar-refractivity contribution in [3.8, 4) is 0 Å². The van der Waals surface area contributed by atoms with Gasteiger partial charge in [-0.1, -0.05) is 44.2 Å². The highest BCUT2D eigenvalue weighted by atomic mass is 127. The minimum Gasteiger partial charge on any atom is -0.380 e. The van der Waals surface area contributed by atoms with Gasteiger partial charge in [-0.2, -0.15) is 8.62 Å². The Kier molecular flexibility index (Phi) is 11.1. The zero-order chi connectivity index (χ0) is 21.8. The van der Waals surface area contributed by atoms with Gasteiger partial charge in [0, 0.05) is 6.00 Å². The number of phosphoric ester groups is 1. The summed E-state index contributed by atoms with van der Waals surface area (Å²) in [5.74, 6) is 0.281. The van der Waals surface area contributed by atoms with Gasteiger partial charge in [0.25, 0.3) is 0 Å². The van der Waals surface area contributed by atoms with Crippen LogP contribution in [0.4, 0.5) is 0 Å². The lowest BCUT2D eigenvalue weighted by Gasteiger charge is -2.21. The first-order valence-electron chi connectivity index (χ1n) is 7.28. The monoisotopic (exact) mass is 614 g/mol. The maximum atomic E-state index is 11.7. The molecule has 164 valence electrons. The fraction of sp³-hybridized carbons (Fsp3) is 1.00. The van der Waals surface area contributed by atoms with E-state index in [4.69, 9.17) is 32.0 Å². The summed E-state index contributed by atoms with van der Waals surface area (Å²) in [7, 11) is -7.53. The van der Waals surface area contributed by atoms with E-state index in [1.807, 2.05) is 13.8 Å². The Labute approximate surface area is 184 Å². The van der Waals surface area contributed by atoms with Crippen molar-refractivity contribution in [2.75, 3.05) is 12.5 Å². The summed E-state index contributed by atoms with van der Waals surface area (Å²) in [6.07, 6.45) is -1.17. The molecule has 1 rings (SSSR count). The molecule has 1 heterocycles. The van der Waals surface area contributed by atoms with E-state index in [0.29, 0.717) is 0 Å². The fourth-order valence-corrected chi connectivity index (χ4v) is 7.71. The second-order valence-corrected chi connectivity index (χ2v) is 16.4. The van der Waals surface area contributed by atoms with E-state index in [9.17, 15) is 18.6 Å². The van der Waals surface area contributed by atoms with Gasteiger partial charge in [0.15, 0.2) is 0 Å². The van der Waals surface area contributed by atoms with Crippen molar-refractivity contribution in [1.82, 2.24) is 0 Å². The Morgan fingerprint density at radius 2 is 1.79 bits per heavy atom. The van der Waals surface area contributed by atoms with E-state index in [0.717, 1.165) is 0 Å². The highest BCUT2D eigenvalue weighted by Crippen LogP contribution is 2.66. The van der Waals surface area contributed by atoms with Crippen molar-refractivity contribution in [3.05, 3.63) is 0 Å². The lowest BCUT2D eigenvalue weighted by atomic mass is 9.96. The average Bonchev–Trinajstić information content (AvgIpc) is 2.76. The van der Waals surface area contributed by atoms with Gasteiger partial charge in [-0.3, -0.25) is 4.52 Å². The first kappa shape index (κ1) is 27.9. The summed E-state index contributed by atoms with van der Waals surface area (Å²) in [4.78, 5) is 35.5. The topological polar surface area (TPSA) is 178 Å². The molecule has 0 spiro atoms. The third kappa shape index (κ3) is 12.6. The number of rotatable bonds is 12. The second-order valence-electron chi connectivity index (χ2n) is 5.72. The SMILES string of the molecule is [B][C@H]1CC(OCSSC(C)(C)I)[C@@H](COP(=O)(O)OP(=O)(O)OP(=O)(O)O)O1. The first-order valence-corrected chi connectivity index (χ1v) is 15.2. The molecule has 0 saturated carbocycles.